The van der Waals surface area contributed by atoms with Crippen molar-refractivity contribution in [2.75, 3.05) is 14.9 Å². The summed E-state index contributed by atoms with van der Waals surface area (Å²) in [5, 5.41) is 6.19. The highest BCUT2D eigenvalue weighted by atomic mass is 32.2. The third-order valence-electron chi connectivity index (χ3n) is 5.28. The van der Waals surface area contributed by atoms with Gasteiger partial charge < -0.3 is 10.6 Å². The van der Waals surface area contributed by atoms with Gasteiger partial charge in [-0.25, -0.2) is 17.2 Å². The molecule has 0 saturated heterocycles. The summed E-state index contributed by atoms with van der Waals surface area (Å²) in [7, 11) is -3.84. The molecule has 0 fully saturated rings. The van der Waals surface area contributed by atoms with E-state index in [1.54, 1.807) is 24.3 Å². The van der Waals surface area contributed by atoms with Crippen molar-refractivity contribution in [3.8, 4) is 0 Å². The van der Waals surface area contributed by atoms with Crippen LogP contribution < -0.4 is 14.9 Å². The van der Waals surface area contributed by atoms with Gasteiger partial charge in [-0.2, -0.15) is 0 Å². The van der Waals surface area contributed by atoms with Gasteiger partial charge in [0.25, 0.3) is 10.0 Å². The van der Waals surface area contributed by atoms with Crippen molar-refractivity contribution in [2.45, 2.75) is 30.7 Å². The molecule has 0 saturated carbocycles. The van der Waals surface area contributed by atoms with Crippen LogP contribution in [0.15, 0.2) is 71.6 Å². The largest absolute Gasteiger partial charge is 0.332 e. The van der Waals surface area contributed by atoms with Crippen LogP contribution in [-0.4, -0.2) is 19.6 Å². The number of halogens is 2. The summed E-state index contributed by atoms with van der Waals surface area (Å²) < 4.78 is 54.8. The second-order valence-corrected chi connectivity index (χ2v) is 9.80. The maximum atomic E-state index is 13.6. The van der Waals surface area contributed by atoms with Gasteiger partial charge in [-0.1, -0.05) is 0 Å². The summed E-state index contributed by atoms with van der Waals surface area (Å²) in [6.07, 6.45) is 1.24. The van der Waals surface area contributed by atoms with Gasteiger partial charge in [-0.15, -0.1) is 0 Å². The van der Waals surface area contributed by atoms with Gasteiger partial charge in [-0.05, 0) is 104 Å². The van der Waals surface area contributed by atoms with Crippen molar-refractivity contribution in [2.24, 2.45) is 0 Å². The fraction of sp³-hybridized carbons (Fsp3) is 0.174. The molecule has 5 nitrogen and oxygen atoms in total. The minimum atomic E-state index is -3.84. The molecular formula is C23H21F2N3O2S2. The lowest BCUT2D eigenvalue weighted by Gasteiger charge is -2.36. The first-order valence-corrected chi connectivity index (χ1v) is 11.9. The maximum Gasteiger partial charge on any atom is 0.264 e. The summed E-state index contributed by atoms with van der Waals surface area (Å²) in [5.41, 5.74) is 2.41. The molecule has 0 radical (unpaired) electrons. The number of nitrogens with one attached hydrogen (secondary N) is 2. The Morgan fingerprint density at radius 3 is 2.12 bits per heavy atom. The number of anilines is 3. The van der Waals surface area contributed by atoms with Gasteiger partial charge in [0.1, 0.15) is 11.6 Å². The minimum Gasteiger partial charge on any atom is -0.332 e. The molecule has 0 amide bonds. The Morgan fingerprint density at radius 1 is 0.938 bits per heavy atom. The van der Waals surface area contributed by atoms with Crippen LogP contribution in [0.25, 0.3) is 0 Å². The van der Waals surface area contributed by atoms with E-state index in [1.165, 1.54) is 46.8 Å². The van der Waals surface area contributed by atoms with E-state index in [9.17, 15) is 17.2 Å². The molecule has 166 valence electrons. The van der Waals surface area contributed by atoms with Crippen molar-refractivity contribution < 1.29 is 17.2 Å². The van der Waals surface area contributed by atoms with Crippen LogP contribution in [0.4, 0.5) is 25.8 Å². The van der Waals surface area contributed by atoms with Crippen LogP contribution in [0, 0.1) is 11.6 Å². The zero-order chi connectivity index (χ0) is 22.9. The Labute approximate surface area is 191 Å². The SMILES string of the molecule is CC1CCc2cc(F)ccc2N1S(=O)(=O)c1ccc(NC(=S)Nc2ccc(F)cc2)cc1. The lowest BCUT2D eigenvalue weighted by Crippen LogP contribution is -2.42. The van der Waals surface area contributed by atoms with E-state index in [4.69, 9.17) is 12.2 Å². The number of aryl methyl sites for hydroxylation is 1. The normalized spacial score (nSPS) is 15.7. The molecule has 3 aromatic carbocycles. The van der Waals surface area contributed by atoms with Gasteiger partial charge in [0.05, 0.1) is 10.6 Å². The zero-order valence-corrected chi connectivity index (χ0v) is 18.8. The van der Waals surface area contributed by atoms with Crippen molar-refractivity contribution in [3.05, 3.63) is 83.9 Å². The molecule has 4 rings (SSSR count). The fourth-order valence-corrected chi connectivity index (χ4v) is 5.66. The number of rotatable bonds is 4. The number of sulfonamides is 1. The molecule has 1 aliphatic heterocycles. The van der Waals surface area contributed by atoms with Crippen LogP contribution in [0.5, 0.6) is 0 Å². The van der Waals surface area contributed by atoms with Crippen molar-refractivity contribution in [1.29, 1.82) is 0 Å². The molecule has 0 spiro atoms. The van der Waals surface area contributed by atoms with E-state index in [-0.39, 0.29) is 27.7 Å². The summed E-state index contributed by atoms with van der Waals surface area (Å²) in [6.45, 7) is 1.85. The molecule has 9 heteroatoms. The van der Waals surface area contributed by atoms with E-state index < -0.39 is 10.0 Å². The standard InChI is InChI=1S/C23H21F2N3O2S2/c1-15-2-3-16-14-18(25)6-13-22(16)28(15)32(29,30)21-11-9-20(10-12-21)27-23(31)26-19-7-4-17(24)5-8-19/h4-15H,2-3H2,1H3,(H2,26,27,31). The molecule has 0 aliphatic carbocycles. The number of nitrogens with zero attached hydrogens (tertiary/aromatic N) is 1. The Bertz CT molecular complexity index is 1250. The van der Waals surface area contributed by atoms with E-state index in [1.807, 2.05) is 6.92 Å². The molecule has 3 aromatic rings. The number of hydrogen-bond acceptors (Lipinski definition) is 3. The smallest absolute Gasteiger partial charge is 0.264 e. The molecule has 1 atom stereocenters. The van der Waals surface area contributed by atoms with E-state index in [2.05, 4.69) is 10.6 Å². The van der Waals surface area contributed by atoms with Crippen LogP contribution in [-0.2, 0) is 16.4 Å². The van der Waals surface area contributed by atoms with Crippen molar-refractivity contribution in [3.63, 3.8) is 0 Å². The molecular weight excluding hydrogens is 452 g/mol. The van der Waals surface area contributed by atoms with Gasteiger partial charge in [0, 0.05) is 17.4 Å². The van der Waals surface area contributed by atoms with Crippen molar-refractivity contribution >= 4 is 44.4 Å². The predicted molar refractivity (Wildman–Crippen MR) is 127 cm³/mol. The van der Waals surface area contributed by atoms with Crippen LogP contribution >= 0.6 is 12.2 Å². The van der Waals surface area contributed by atoms with E-state index in [0.717, 1.165) is 0 Å². The topological polar surface area (TPSA) is 61.4 Å². The summed E-state index contributed by atoms with van der Waals surface area (Å²) in [5.74, 6) is -0.724. The lowest BCUT2D eigenvalue weighted by molar-refractivity contribution is 0.560. The zero-order valence-electron chi connectivity index (χ0n) is 17.2. The third-order valence-corrected chi connectivity index (χ3v) is 7.43. The van der Waals surface area contributed by atoms with Crippen LogP contribution in [0.3, 0.4) is 0 Å². The Hall–Kier alpha value is -3.04. The summed E-state index contributed by atoms with van der Waals surface area (Å²) in [4.78, 5) is 0.129. The third kappa shape index (κ3) is 4.58. The quantitative estimate of drug-likeness (QED) is 0.504. The average Bonchev–Trinajstić information content (AvgIpc) is 2.75. The second kappa shape index (κ2) is 8.84. The van der Waals surface area contributed by atoms with Crippen LogP contribution in [0.2, 0.25) is 0 Å². The first-order chi connectivity index (χ1) is 15.2. The highest BCUT2D eigenvalue weighted by molar-refractivity contribution is 7.92. The number of thiocarbonyl (C=S) groups is 1. The average molecular weight is 474 g/mol. The summed E-state index contributed by atoms with van der Waals surface area (Å²) in [6, 6.07) is 15.9. The molecule has 0 bridgehead atoms. The predicted octanol–water partition coefficient (Wildman–Crippen LogP) is 5.30. The van der Waals surface area contributed by atoms with E-state index in [0.29, 0.717) is 35.5 Å². The molecule has 32 heavy (non-hydrogen) atoms. The number of hydrogen-bond donors (Lipinski definition) is 2. The van der Waals surface area contributed by atoms with Gasteiger partial charge in [-0.3, -0.25) is 4.31 Å². The monoisotopic (exact) mass is 473 g/mol. The number of fused-ring (bicyclic) bond motifs is 1. The maximum absolute atomic E-state index is 13.6. The van der Waals surface area contributed by atoms with E-state index >= 15 is 0 Å². The first-order valence-electron chi connectivity index (χ1n) is 10.0. The lowest BCUT2D eigenvalue weighted by atomic mass is 9.99. The molecule has 2 N–H and O–H groups in total. The second-order valence-electron chi connectivity index (χ2n) is 7.57. The van der Waals surface area contributed by atoms with Crippen molar-refractivity contribution in [1.82, 2.24) is 0 Å². The Kier molecular flexibility index (Phi) is 6.12. The molecule has 1 unspecified atom stereocenters. The molecule has 1 heterocycles. The minimum absolute atomic E-state index is 0.129. The molecule has 1 aliphatic rings. The Morgan fingerprint density at radius 2 is 1.50 bits per heavy atom. The number of benzene rings is 3. The molecule has 0 aromatic heterocycles. The highest BCUT2D eigenvalue weighted by Crippen LogP contribution is 2.35. The van der Waals surface area contributed by atoms with Gasteiger partial charge in [0.2, 0.25) is 0 Å². The highest BCUT2D eigenvalue weighted by Gasteiger charge is 2.33. The van der Waals surface area contributed by atoms with Gasteiger partial charge in [0.15, 0.2) is 5.11 Å². The van der Waals surface area contributed by atoms with Gasteiger partial charge >= 0.3 is 0 Å². The van der Waals surface area contributed by atoms with Crippen LogP contribution in [0.1, 0.15) is 18.9 Å². The Balaban J connectivity index is 1.52. The first kappa shape index (κ1) is 22.2. The summed E-state index contributed by atoms with van der Waals surface area (Å²) >= 11 is 5.26. The fourth-order valence-electron chi connectivity index (χ4n) is 3.71.